The first-order valence-corrected chi connectivity index (χ1v) is 7.41. The molecule has 1 N–H and O–H groups in total. The van der Waals surface area contributed by atoms with Crippen molar-refractivity contribution in [1.82, 2.24) is 0 Å². The molecule has 5 nitrogen and oxygen atoms in total. The normalized spacial score (nSPS) is 9.86. The average molecular weight is 314 g/mol. The molecule has 0 unspecified atom stereocenters. The van der Waals surface area contributed by atoms with Crippen molar-refractivity contribution in [2.75, 3.05) is 11.9 Å². The summed E-state index contributed by atoms with van der Waals surface area (Å²) in [4.78, 5) is 23.6. The fraction of sp³-hybridized carbons (Fsp3) is 0.188. The van der Waals surface area contributed by atoms with Crippen molar-refractivity contribution in [2.45, 2.75) is 13.8 Å². The second-order valence-electron chi connectivity index (χ2n) is 4.70. The van der Waals surface area contributed by atoms with Crippen LogP contribution < -0.4 is 5.32 Å². The van der Waals surface area contributed by atoms with Gasteiger partial charge < -0.3 is 10.1 Å². The summed E-state index contributed by atoms with van der Waals surface area (Å²) in [7, 11) is 0. The third kappa shape index (κ3) is 3.71. The molecule has 112 valence electrons. The Morgan fingerprint density at radius 1 is 1.27 bits per heavy atom. The lowest BCUT2D eigenvalue weighted by molar-refractivity contribution is -0.119. The number of aryl methyl sites for hydroxylation is 2. The van der Waals surface area contributed by atoms with E-state index in [1.807, 2.05) is 26.0 Å². The lowest BCUT2D eigenvalue weighted by Crippen LogP contribution is -2.20. The van der Waals surface area contributed by atoms with Crippen LogP contribution in [0.1, 0.15) is 27.0 Å². The van der Waals surface area contributed by atoms with Gasteiger partial charge in [-0.1, -0.05) is 6.07 Å². The van der Waals surface area contributed by atoms with Gasteiger partial charge in [0.1, 0.15) is 11.1 Å². The largest absolute Gasteiger partial charge is 0.452 e. The predicted molar refractivity (Wildman–Crippen MR) is 83.9 cm³/mol. The van der Waals surface area contributed by atoms with Gasteiger partial charge in [0.25, 0.3) is 5.91 Å². The molecule has 0 saturated carbocycles. The van der Waals surface area contributed by atoms with E-state index in [9.17, 15) is 9.59 Å². The van der Waals surface area contributed by atoms with Crippen LogP contribution in [-0.2, 0) is 9.53 Å². The van der Waals surface area contributed by atoms with Crippen LogP contribution in [0.4, 0.5) is 5.00 Å². The molecule has 0 atom stereocenters. The minimum absolute atomic E-state index is 0.388. The second kappa shape index (κ2) is 6.87. The Kier molecular flexibility index (Phi) is 4.92. The molecule has 0 bridgehead atoms. The zero-order chi connectivity index (χ0) is 16.1. The van der Waals surface area contributed by atoms with E-state index in [0.29, 0.717) is 16.1 Å². The highest BCUT2D eigenvalue weighted by Crippen LogP contribution is 2.21. The number of thiophene rings is 1. The van der Waals surface area contributed by atoms with E-state index >= 15 is 0 Å². The maximum atomic E-state index is 11.9. The average Bonchev–Trinajstić information content (AvgIpc) is 2.94. The molecule has 0 spiro atoms. The first kappa shape index (κ1) is 15.7. The van der Waals surface area contributed by atoms with Crippen LogP contribution in [0.5, 0.6) is 0 Å². The number of ether oxygens (including phenoxy) is 1. The highest BCUT2D eigenvalue weighted by atomic mass is 32.1. The maximum absolute atomic E-state index is 11.9. The standard InChI is InChI=1S/C16H14N2O3S/c1-10-3-4-12(7-11(10)2)16(20)21-9-14(19)18-15-13(8-17)5-6-22-15/h3-7H,9H2,1-2H3,(H,18,19). The van der Waals surface area contributed by atoms with E-state index in [1.54, 1.807) is 23.6 Å². The minimum atomic E-state index is -0.551. The molecule has 0 aliphatic carbocycles. The molecule has 22 heavy (non-hydrogen) atoms. The van der Waals surface area contributed by atoms with E-state index in [1.165, 1.54) is 11.3 Å². The quantitative estimate of drug-likeness (QED) is 0.880. The molecule has 0 fully saturated rings. The number of nitrogens with one attached hydrogen (secondary N) is 1. The summed E-state index contributed by atoms with van der Waals surface area (Å²) in [5.74, 6) is -1.03. The van der Waals surface area contributed by atoms with Gasteiger partial charge in [-0.3, -0.25) is 4.79 Å². The van der Waals surface area contributed by atoms with Gasteiger partial charge in [0.15, 0.2) is 6.61 Å². The van der Waals surface area contributed by atoms with Crippen molar-refractivity contribution < 1.29 is 14.3 Å². The van der Waals surface area contributed by atoms with Crippen molar-refractivity contribution in [2.24, 2.45) is 0 Å². The van der Waals surface area contributed by atoms with Gasteiger partial charge in [0.2, 0.25) is 0 Å². The van der Waals surface area contributed by atoms with E-state index in [2.05, 4.69) is 5.32 Å². The summed E-state index contributed by atoms with van der Waals surface area (Å²) in [5, 5.41) is 13.6. The van der Waals surface area contributed by atoms with Gasteiger partial charge in [-0.25, -0.2) is 4.79 Å². The molecule has 1 aromatic carbocycles. The summed E-state index contributed by atoms with van der Waals surface area (Å²) in [6.45, 7) is 3.46. The Morgan fingerprint density at radius 2 is 2.05 bits per heavy atom. The summed E-state index contributed by atoms with van der Waals surface area (Å²) >= 11 is 1.24. The minimum Gasteiger partial charge on any atom is -0.452 e. The van der Waals surface area contributed by atoms with Crippen LogP contribution >= 0.6 is 11.3 Å². The third-order valence-electron chi connectivity index (χ3n) is 3.12. The molecule has 1 aromatic heterocycles. The van der Waals surface area contributed by atoms with Crippen LogP contribution in [0.25, 0.3) is 0 Å². The molecule has 2 aromatic rings. The number of hydrogen-bond donors (Lipinski definition) is 1. The van der Waals surface area contributed by atoms with Crippen molar-refractivity contribution in [3.05, 3.63) is 51.9 Å². The first-order chi connectivity index (χ1) is 10.5. The Morgan fingerprint density at radius 3 is 2.73 bits per heavy atom. The molecule has 2 rings (SSSR count). The van der Waals surface area contributed by atoms with Gasteiger partial charge in [-0.15, -0.1) is 11.3 Å². The Hall–Kier alpha value is -2.65. The number of hydrogen-bond acceptors (Lipinski definition) is 5. The van der Waals surface area contributed by atoms with Crippen LogP contribution in [0, 0.1) is 25.2 Å². The molecule has 1 amide bonds. The number of nitriles is 1. The summed E-state index contributed by atoms with van der Waals surface area (Å²) < 4.78 is 4.98. The highest BCUT2D eigenvalue weighted by Gasteiger charge is 2.13. The van der Waals surface area contributed by atoms with E-state index < -0.39 is 18.5 Å². The van der Waals surface area contributed by atoms with Crippen LogP contribution in [-0.4, -0.2) is 18.5 Å². The first-order valence-electron chi connectivity index (χ1n) is 6.53. The van der Waals surface area contributed by atoms with Gasteiger partial charge in [0.05, 0.1) is 11.1 Å². The van der Waals surface area contributed by atoms with Crippen molar-refractivity contribution in [3.8, 4) is 6.07 Å². The summed E-state index contributed by atoms with van der Waals surface area (Å²) in [6.07, 6.45) is 0. The number of benzene rings is 1. The zero-order valence-corrected chi connectivity index (χ0v) is 13.0. The number of carbonyl (C=O) groups excluding carboxylic acids is 2. The van der Waals surface area contributed by atoms with E-state index in [0.717, 1.165) is 11.1 Å². The number of rotatable bonds is 4. The predicted octanol–water partition coefficient (Wildman–Crippen LogP) is 3.03. The second-order valence-corrected chi connectivity index (χ2v) is 5.61. The number of anilines is 1. The number of amides is 1. The van der Waals surface area contributed by atoms with Crippen LogP contribution in [0.2, 0.25) is 0 Å². The van der Waals surface area contributed by atoms with Crippen molar-refractivity contribution in [3.63, 3.8) is 0 Å². The molecule has 0 aliphatic heterocycles. The number of esters is 1. The van der Waals surface area contributed by atoms with E-state index in [4.69, 9.17) is 10.00 Å². The molecular weight excluding hydrogens is 300 g/mol. The molecule has 0 saturated heterocycles. The third-order valence-corrected chi connectivity index (χ3v) is 3.95. The molecular formula is C16H14N2O3S. The Labute approximate surface area is 132 Å². The Balaban J connectivity index is 1.92. The van der Waals surface area contributed by atoms with Crippen molar-refractivity contribution in [1.29, 1.82) is 5.26 Å². The van der Waals surface area contributed by atoms with E-state index in [-0.39, 0.29) is 0 Å². The summed E-state index contributed by atoms with van der Waals surface area (Å²) in [5.41, 5.74) is 2.86. The van der Waals surface area contributed by atoms with Gasteiger partial charge >= 0.3 is 5.97 Å². The van der Waals surface area contributed by atoms with Crippen molar-refractivity contribution >= 4 is 28.2 Å². The fourth-order valence-corrected chi connectivity index (χ4v) is 2.49. The highest BCUT2D eigenvalue weighted by molar-refractivity contribution is 7.14. The summed E-state index contributed by atoms with van der Waals surface area (Å²) in [6, 6.07) is 8.80. The zero-order valence-electron chi connectivity index (χ0n) is 12.2. The topological polar surface area (TPSA) is 79.2 Å². The van der Waals surface area contributed by atoms with Crippen LogP contribution in [0.3, 0.4) is 0 Å². The monoisotopic (exact) mass is 314 g/mol. The smallest absolute Gasteiger partial charge is 0.338 e. The molecule has 1 heterocycles. The number of carbonyl (C=O) groups is 2. The fourth-order valence-electron chi connectivity index (χ4n) is 1.74. The molecule has 0 aliphatic rings. The lowest BCUT2D eigenvalue weighted by Gasteiger charge is -2.07. The molecule has 0 radical (unpaired) electrons. The Bertz CT molecular complexity index is 759. The number of nitrogens with zero attached hydrogens (tertiary/aromatic N) is 1. The van der Waals surface area contributed by atoms with Gasteiger partial charge in [-0.05, 0) is 48.6 Å². The van der Waals surface area contributed by atoms with Gasteiger partial charge in [0, 0.05) is 0 Å². The van der Waals surface area contributed by atoms with Gasteiger partial charge in [-0.2, -0.15) is 5.26 Å². The maximum Gasteiger partial charge on any atom is 0.338 e. The lowest BCUT2D eigenvalue weighted by atomic mass is 10.1. The van der Waals surface area contributed by atoms with Crippen LogP contribution in [0.15, 0.2) is 29.6 Å². The molecule has 6 heteroatoms. The SMILES string of the molecule is Cc1ccc(C(=O)OCC(=O)Nc2sccc2C#N)cc1C.